The second kappa shape index (κ2) is 5.42. The molecule has 2 aromatic rings. The van der Waals surface area contributed by atoms with E-state index < -0.39 is 0 Å². The molecule has 0 aliphatic rings. The highest BCUT2D eigenvalue weighted by Crippen LogP contribution is 2.25. The molecule has 0 radical (unpaired) electrons. The van der Waals surface area contributed by atoms with Crippen LogP contribution in [-0.2, 0) is 6.54 Å². The molecule has 84 valence electrons. The number of furan rings is 1. The Labute approximate surface area is 121 Å². The van der Waals surface area contributed by atoms with Gasteiger partial charge in [-0.15, -0.1) is 0 Å². The highest BCUT2D eigenvalue weighted by molar-refractivity contribution is 14.1. The van der Waals surface area contributed by atoms with Crippen LogP contribution in [0.3, 0.4) is 0 Å². The van der Waals surface area contributed by atoms with Crippen molar-refractivity contribution in [2.24, 2.45) is 0 Å². The summed E-state index contributed by atoms with van der Waals surface area (Å²) in [6, 6.07) is 9.62. The van der Waals surface area contributed by atoms with E-state index in [1.165, 1.54) is 0 Å². The molecular weight excluding hydrogens is 404 g/mol. The molecule has 1 N–H and O–H groups in total. The van der Waals surface area contributed by atoms with Crippen LogP contribution in [0.5, 0.6) is 0 Å². The Hall–Kier alpha value is -0.200. The zero-order valence-corrected chi connectivity index (χ0v) is 12.6. The number of hydrogen-bond acceptors (Lipinski definition) is 2. The third-order valence-corrected chi connectivity index (χ3v) is 3.81. The Balaban J connectivity index is 2.02. The lowest BCUT2D eigenvalue weighted by molar-refractivity contribution is 0.493. The molecule has 0 saturated carbocycles. The number of nitrogens with one attached hydrogen (secondary N) is 1. The van der Waals surface area contributed by atoms with Crippen molar-refractivity contribution in [2.45, 2.75) is 6.54 Å². The molecule has 0 bridgehead atoms. The summed E-state index contributed by atoms with van der Waals surface area (Å²) in [6.45, 7) is 0.664. The van der Waals surface area contributed by atoms with Crippen molar-refractivity contribution in [3.63, 3.8) is 0 Å². The average Bonchev–Trinajstić information content (AvgIpc) is 2.66. The molecule has 0 amide bonds. The van der Waals surface area contributed by atoms with E-state index in [0.717, 1.165) is 19.7 Å². The van der Waals surface area contributed by atoms with Crippen LogP contribution in [0.25, 0.3) is 0 Å². The average molecular weight is 412 g/mol. The van der Waals surface area contributed by atoms with E-state index >= 15 is 0 Å². The minimum Gasteiger partial charge on any atom is -0.454 e. The van der Waals surface area contributed by atoms with Crippen LogP contribution < -0.4 is 5.32 Å². The fourth-order valence-electron chi connectivity index (χ4n) is 1.24. The van der Waals surface area contributed by atoms with Gasteiger partial charge in [-0.2, -0.15) is 0 Å². The Morgan fingerprint density at radius 3 is 2.75 bits per heavy atom. The van der Waals surface area contributed by atoms with Crippen molar-refractivity contribution in [3.8, 4) is 0 Å². The first-order valence-electron chi connectivity index (χ1n) is 4.58. The molecular formula is C11H8BrClINO. The first kappa shape index (κ1) is 12.3. The van der Waals surface area contributed by atoms with Crippen molar-refractivity contribution in [2.75, 3.05) is 5.32 Å². The first-order valence-corrected chi connectivity index (χ1v) is 6.83. The molecule has 2 rings (SSSR count). The predicted octanol–water partition coefficient (Wildman–Crippen LogP) is 4.91. The van der Waals surface area contributed by atoms with Crippen LogP contribution in [0.2, 0.25) is 5.02 Å². The van der Waals surface area contributed by atoms with Gasteiger partial charge < -0.3 is 9.73 Å². The molecule has 5 heteroatoms. The molecule has 0 atom stereocenters. The number of anilines is 1. The molecule has 0 saturated heterocycles. The first-order chi connectivity index (χ1) is 7.65. The van der Waals surface area contributed by atoms with Crippen LogP contribution in [0.1, 0.15) is 5.76 Å². The van der Waals surface area contributed by atoms with E-state index in [0.29, 0.717) is 11.6 Å². The fraction of sp³-hybridized carbons (Fsp3) is 0.0909. The zero-order valence-electron chi connectivity index (χ0n) is 8.14. The van der Waals surface area contributed by atoms with Gasteiger partial charge in [0.1, 0.15) is 5.76 Å². The molecule has 0 aliphatic carbocycles. The summed E-state index contributed by atoms with van der Waals surface area (Å²) >= 11 is 11.4. The smallest absolute Gasteiger partial charge is 0.164 e. The lowest BCUT2D eigenvalue weighted by Gasteiger charge is -2.05. The zero-order chi connectivity index (χ0) is 11.5. The number of hydrogen-bond donors (Lipinski definition) is 1. The van der Waals surface area contributed by atoms with Gasteiger partial charge in [-0.05, 0) is 68.9 Å². The van der Waals surface area contributed by atoms with E-state index in [1.807, 2.05) is 30.3 Å². The molecule has 1 heterocycles. The van der Waals surface area contributed by atoms with E-state index in [1.54, 1.807) is 0 Å². The molecule has 1 aromatic carbocycles. The van der Waals surface area contributed by atoms with Gasteiger partial charge in [0, 0.05) is 10.2 Å². The van der Waals surface area contributed by atoms with Gasteiger partial charge in [-0.25, -0.2) is 0 Å². The summed E-state index contributed by atoms with van der Waals surface area (Å²) in [5, 5.41) is 3.96. The Morgan fingerprint density at radius 1 is 1.31 bits per heavy atom. The third kappa shape index (κ3) is 3.15. The maximum absolute atomic E-state index is 5.91. The van der Waals surface area contributed by atoms with Crippen LogP contribution in [0, 0.1) is 3.77 Å². The summed E-state index contributed by atoms with van der Waals surface area (Å²) in [7, 11) is 0. The molecule has 1 aromatic heterocycles. The third-order valence-electron chi connectivity index (χ3n) is 2.02. The molecule has 2 nitrogen and oxygen atoms in total. The maximum atomic E-state index is 5.91. The fourth-order valence-corrected chi connectivity index (χ4v) is 2.20. The molecule has 0 spiro atoms. The van der Waals surface area contributed by atoms with E-state index in [9.17, 15) is 0 Å². The normalized spacial score (nSPS) is 10.4. The largest absolute Gasteiger partial charge is 0.454 e. The van der Waals surface area contributed by atoms with Gasteiger partial charge >= 0.3 is 0 Å². The topological polar surface area (TPSA) is 25.2 Å². The van der Waals surface area contributed by atoms with Crippen molar-refractivity contribution in [1.82, 2.24) is 0 Å². The van der Waals surface area contributed by atoms with Gasteiger partial charge in [-0.3, -0.25) is 0 Å². The van der Waals surface area contributed by atoms with Crippen molar-refractivity contribution in [1.29, 1.82) is 0 Å². The summed E-state index contributed by atoms with van der Waals surface area (Å²) in [5.74, 6) is 0.912. The van der Waals surface area contributed by atoms with Crippen molar-refractivity contribution in [3.05, 3.63) is 49.4 Å². The van der Waals surface area contributed by atoms with Gasteiger partial charge in [0.2, 0.25) is 0 Å². The minimum atomic E-state index is 0.664. The van der Waals surface area contributed by atoms with Gasteiger partial charge in [0.05, 0.1) is 11.6 Å². The summed E-state index contributed by atoms with van der Waals surface area (Å²) in [5.41, 5.74) is 1.00. The second-order valence-corrected chi connectivity index (χ2v) is 5.51. The summed E-state index contributed by atoms with van der Waals surface area (Å²) < 4.78 is 7.22. The Kier molecular flexibility index (Phi) is 4.16. The van der Waals surface area contributed by atoms with E-state index in [4.69, 9.17) is 16.0 Å². The highest BCUT2D eigenvalue weighted by Gasteiger charge is 2.01. The van der Waals surface area contributed by atoms with Crippen LogP contribution in [-0.4, -0.2) is 0 Å². The van der Waals surface area contributed by atoms with Crippen LogP contribution in [0.15, 0.2) is 39.2 Å². The van der Waals surface area contributed by atoms with Crippen molar-refractivity contribution < 1.29 is 4.42 Å². The lowest BCUT2D eigenvalue weighted by Crippen LogP contribution is -1.97. The number of benzene rings is 1. The number of rotatable bonds is 3. The second-order valence-electron chi connectivity index (χ2n) is 3.19. The Bertz CT molecular complexity index is 500. The Morgan fingerprint density at radius 2 is 2.12 bits per heavy atom. The summed E-state index contributed by atoms with van der Waals surface area (Å²) in [6.07, 6.45) is 0. The van der Waals surface area contributed by atoms with Crippen molar-refractivity contribution >= 4 is 55.8 Å². The van der Waals surface area contributed by atoms with Crippen LogP contribution >= 0.6 is 50.1 Å². The molecule has 0 fully saturated rings. The quantitative estimate of drug-likeness (QED) is 0.725. The SMILES string of the molecule is Clc1ccc(NCc2ccc(I)o2)cc1Br. The van der Waals surface area contributed by atoms with Gasteiger partial charge in [0.25, 0.3) is 0 Å². The predicted molar refractivity (Wildman–Crippen MR) is 77.9 cm³/mol. The molecule has 16 heavy (non-hydrogen) atoms. The van der Waals surface area contributed by atoms with E-state index in [2.05, 4.69) is 43.8 Å². The standard InChI is InChI=1S/C11H8BrClINO/c12-9-5-7(1-3-10(9)13)15-6-8-2-4-11(14)16-8/h1-5,15H,6H2. The summed E-state index contributed by atoms with van der Waals surface area (Å²) in [4.78, 5) is 0. The monoisotopic (exact) mass is 411 g/mol. The van der Waals surface area contributed by atoms with Crippen LogP contribution in [0.4, 0.5) is 5.69 Å². The van der Waals surface area contributed by atoms with E-state index in [-0.39, 0.29) is 0 Å². The lowest BCUT2D eigenvalue weighted by atomic mass is 10.3. The molecule has 0 unspecified atom stereocenters. The van der Waals surface area contributed by atoms with Gasteiger partial charge in [0.15, 0.2) is 3.77 Å². The minimum absolute atomic E-state index is 0.664. The number of halogens is 3. The maximum Gasteiger partial charge on any atom is 0.164 e. The van der Waals surface area contributed by atoms with Gasteiger partial charge in [-0.1, -0.05) is 11.6 Å². The molecule has 0 aliphatic heterocycles. The highest BCUT2D eigenvalue weighted by atomic mass is 127.